The van der Waals surface area contributed by atoms with Crippen molar-refractivity contribution in [3.8, 4) is 0 Å². The standard InChI is InChI=1S/C12H20N2S/c1-14(12-6-4-10-15-12)9-7-11-5-2-3-8-13-11/h4,6,10-11,13H,2-3,5,7-9H2,1H3. The Morgan fingerprint density at radius 1 is 1.53 bits per heavy atom. The number of rotatable bonds is 4. The maximum Gasteiger partial charge on any atom is 0.0905 e. The Kier molecular flexibility index (Phi) is 4.03. The summed E-state index contributed by atoms with van der Waals surface area (Å²) in [6.45, 7) is 2.38. The van der Waals surface area contributed by atoms with Crippen molar-refractivity contribution in [2.45, 2.75) is 31.7 Å². The van der Waals surface area contributed by atoms with Crippen molar-refractivity contribution in [1.82, 2.24) is 5.32 Å². The third kappa shape index (κ3) is 3.21. The van der Waals surface area contributed by atoms with Gasteiger partial charge in [0.2, 0.25) is 0 Å². The molecule has 1 aliphatic rings. The molecule has 1 aromatic heterocycles. The lowest BCUT2D eigenvalue weighted by molar-refractivity contribution is 0.385. The molecule has 3 heteroatoms. The maximum absolute atomic E-state index is 3.60. The Balaban J connectivity index is 1.73. The molecule has 84 valence electrons. The van der Waals surface area contributed by atoms with Gasteiger partial charge in [-0.1, -0.05) is 6.42 Å². The molecule has 1 N–H and O–H groups in total. The van der Waals surface area contributed by atoms with Crippen LogP contribution in [0.2, 0.25) is 0 Å². The van der Waals surface area contributed by atoms with Gasteiger partial charge in [-0.3, -0.25) is 0 Å². The van der Waals surface area contributed by atoms with Crippen LogP contribution in [0.25, 0.3) is 0 Å². The fourth-order valence-electron chi connectivity index (χ4n) is 2.12. The quantitative estimate of drug-likeness (QED) is 0.846. The molecule has 2 nitrogen and oxygen atoms in total. The van der Waals surface area contributed by atoms with Gasteiger partial charge in [0, 0.05) is 19.6 Å². The van der Waals surface area contributed by atoms with Crippen LogP contribution in [-0.4, -0.2) is 26.2 Å². The van der Waals surface area contributed by atoms with Gasteiger partial charge in [-0.25, -0.2) is 0 Å². The number of thiophene rings is 1. The summed E-state index contributed by atoms with van der Waals surface area (Å²) in [7, 11) is 2.19. The first-order chi connectivity index (χ1) is 7.36. The molecule has 1 unspecified atom stereocenters. The van der Waals surface area contributed by atoms with Gasteiger partial charge in [0.1, 0.15) is 0 Å². The number of nitrogens with one attached hydrogen (secondary N) is 1. The third-order valence-electron chi connectivity index (χ3n) is 3.11. The highest BCUT2D eigenvalue weighted by Crippen LogP contribution is 2.20. The summed E-state index contributed by atoms with van der Waals surface area (Å²) in [5.41, 5.74) is 0. The van der Waals surface area contributed by atoms with E-state index in [0.717, 1.165) is 12.6 Å². The summed E-state index contributed by atoms with van der Waals surface area (Å²) in [4.78, 5) is 2.36. The van der Waals surface area contributed by atoms with Crippen molar-refractivity contribution in [2.24, 2.45) is 0 Å². The normalized spacial score (nSPS) is 21.5. The Hall–Kier alpha value is -0.540. The first kappa shape index (κ1) is 11.0. The number of hydrogen-bond donors (Lipinski definition) is 1. The second kappa shape index (κ2) is 5.52. The summed E-state index contributed by atoms with van der Waals surface area (Å²) in [6.07, 6.45) is 5.39. The van der Waals surface area contributed by atoms with Crippen LogP contribution >= 0.6 is 11.3 Å². The van der Waals surface area contributed by atoms with Gasteiger partial charge in [-0.15, -0.1) is 11.3 Å². The topological polar surface area (TPSA) is 15.3 Å². The van der Waals surface area contributed by atoms with E-state index in [0.29, 0.717) is 0 Å². The van der Waals surface area contributed by atoms with E-state index >= 15 is 0 Å². The second-order valence-electron chi connectivity index (χ2n) is 4.31. The zero-order valence-electron chi connectivity index (χ0n) is 9.41. The fraction of sp³-hybridized carbons (Fsp3) is 0.667. The van der Waals surface area contributed by atoms with Crippen molar-refractivity contribution >= 4 is 16.3 Å². The van der Waals surface area contributed by atoms with E-state index in [9.17, 15) is 0 Å². The molecule has 0 radical (unpaired) electrons. The van der Waals surface area contributed by atoms with E-state index in [4.69, 9.17) is 0 Å². The average molecular weight is 224 g/mol. The van der Waals surface area contributed by atoms with E-state index in [2.05, 4.69) is 34.8 Å². The van der Waals surface area contributed by atoms with Crippen LogP contribution in [-0.2, 0) is 0 Å². The van der Waals surface area contributed by atoms with Crippen LogP contribution in [0.3, 0.4) is 0 Å². The van der Waals surface area contributed by atoms with Gasteiger partial charge in [0.25, 0.3) is 0 Å². The Bertz CT molecular complexity index is 265. The minimum absolute atomic E-state index is 0.751. The van der Waals surface area contributed by atoms with Gasteiger partial charge in [0.15, 0.2) is 0 Å². The molecule has 2 heterocycles. The molecule has 0 aromatic carbocycles. The first-order valence-corrected chi connectivity index (χ1v) is 6.72. The summed E-state index contributed by atoms with van der Waals surface area (Å²) in [6, 6.07) is 5.06. The minimum atomic E-state index is 0.751. The van der Waals surface area contributed by atoms with E-state index < -0.39 is 0 Å². The fourth-order valence-corrected chi connectivity index (χ4v) is 2.84. The summed E-state index contributed by atoms with van der Waals surface area (Å²) in [5.74, 6) is 0. The van der Waals surface area contributed by atoms with Crippen LogP contribution in [0.1, 0.15) is 25.7 Å². The molecule has 0 aliphatic carbocycles. The molecular weight excluding hydrogens is 204 g/mol. The summed E-state index contributed by atoms with van der Waals surface area (Å²) in [5, 5.41) is 7.12. The molecule has 2 rings (SSSR count). The highest BCUT2D eigenvalue weighted by atomic mass is 32.1. The van der Waals surface area contributed by atoms with Gasteiger partial charge in [-0.2, -0.15) is 0 Å². The lowest BCUT2D eigenvalue weighted by Crippen LogP contribution is -2.36. The maximum atomic E-state index is 3.60. The third-order valence-corrected chi connectivity index (χ3v) is 4.09. The highest BCUT2D eigenvalue weighted by molar-refractivity contribution is 7.14. The molecular formula is C12H20N2S. The first-order valence-electron chi connectivity index (χ1n) is 5.84. The SMILES string of the molecule is CN(CCC1CCCCN1)c1cccs1. The van der Waals surface area contributed by atoms with Crippen molar-refractivity contribution in [1.29, 1.82) is 0 Å². The number of anilines is 1. The number of hydrogen-bond acceptors (Lipinski definition) is 3. The van der Waals surface area contributed by atoms with Gasteiger partial charge < -0.3 is 10.2 Å². The Morgan fingerprint density at radius 2 is 2.47 bits per heavy atom. The van der Waals surface area contributed by atoms with Crippen molar-refractivity contribution in [2.75, 3.05) is 25.0 Å². The highest BCUT2D eigenvalue weighted by Gasteiger charge is 2.13. The molecule has 1 aliphatic heterocycles. The second-order valence-corrected chi connectivity index (χ2v) is 5.23. The monoisotopic (exact) mass is 224 g/mol. The lowest BCUT2D eigenvalue weighted by Gasteiger charge is -2.26. The molecule has 0 amide bonds. The minimum Gasteiger partial charge on any atom is -0.366 e. The van der Waals surface area contributed by atoms with Crippen molar-refractivity contribution < 1.29 is 0 Å². The molecule has 1 saturated heterocycles. The van der Waals surface area contributed by atoms with E-state index in [-0.39, 0.29) is 0 Å². The lowest BCUT2D eigenvalue weighted by atomic mass is 10.0. The smallest absolute Gasteiger partial charge is 0.0905 e. The molecule has 1 atom stereocenters. The molecule has 1 fully saturated rings. The van der Waals surface area contributed by atoms with E-state index in [1.807, 2.05) is 11.3 Å². The number of piperidine rings is 1. The van der Waals surface area contributed by atoms with Crippen LogP contribution in [0.5, 0.6) is 0 Å². The summed E-state index contributed by atoms with van der Waals surface area (Å²) < 4.78 is 0. The molecule has 0 bridgehead atoms. The van der Waals surface area contributed by atoms with Crippen molar-refractivity contribution in [3.05, 3.63) is 17.5 Å². The molecule has 15 heavy (non-hydrogen) atoms. The van der Waals surface area contributed by atoms with Crippen LogP contribution in [0.4, 0.5) is 5.00 Å². The van der Waals surface area contributed by atoms with Crippen LogP contribution in [0.15, 0.2) is 17.5 Å². The van der Waals surface area contributed by atoms with Crippen LogP contribution < -0.4 is 10.2 Å². The van der Waals surface area contributed by atoms with E-state index in [1.54, 1.807) is 0 Å². The van der Waals surface area contributed by atoms with Gasteiger partial charge in [-0.05, 0) is 43.3 Å². The van der Waals surface area contributed by atoms with E-state index in [1.165, 1.54) is 37.2 Å². The average Bonchev–Trinajstić information content (AvgIpc) is 2.81. The van der Waals surface area contributed by atoms with Crippen LogP contribution in [0, 0.1) is 0 Å². The van der Waals surface area contributed by atoms with Gasteiger partial charge in [0.05, 0.1) is 5.00 Å². The summed E-state index contributed by atoms with van der Waals surface area (Å²) >= 11 is 1.82. The molecule has 0 saturated carbocycles. The Morgan fingerprint density at radius 3 is 3.13 bits per heavy atom. The van der Waals surface area contributed by atoms with Gasteiger partial charge >= 0.3 is 0 Å². The zero-order valence-corrected chi connectivity index (χ0v) is 10.2. The molecule has 1 aromatic rings. The Labute approximate surface area is 96.3 Å². The number of nitrogens with zero attached hydrogens (tertiary/aromatic N) is 1. The predicted molar refractivity (Wildman–Crippen MR) is 67.8 cm³/mol. The molecule has 0 spiro atoms. The van der Waals surface area contributed by atoms with Crippen molar-refractivity contribution in [3.63, 3.8) is 0 Å². The predicted octanol–water partition coefficient (Wildman–Crippen LogP) is 2.72. The largest absolute Gasteiger partial charge is 0.366 e. The zero-order chi connectivity index (χ0) is 10.5.